The highest BCUT2D eigenvalue weighted by Crippen LogP contribution is 2.39. The van der Waals surface area contributed by atoms with Crippen molar-refractivity contribution < 1.29 is 27.1 Å². The van der Waals surface area contributed by atoms with Crippen molar-refractivity contribution in [2.45, 2.75) is 6.18 Å². The molecule has 3 nitrogen and oxygen atoms in total. The molecular formula is C11H7F3O3. The van der Waals surface area contributed by atoms with E-state index >= 15 is 0 Å². The SMILES string of the molecule is COc1ccc2oc(C=O)c(C(F)(F)F)c2c1. The van der Waals surface area contributed by atoms with E-state index in [-0.39, 0.29) is 23.0 Å². The van der Waals surface area contributed by atoms with Gasteiger partial charge in [-0.25, -0.2) is 0 Å². The van der Waals surface area contributed by atoms with Crippen molar-refractivity contribution in [2.24, 2.45) is 0 Å². The van der Waals surface area contributed by atoms with Gasteiger partial charge in [-0.05, 0) is 18.2 Å². The number of carbonyl (C=O) groups excluding carboxylic acids is 1. The zero-order chi connectivity index (χ0) is 12.6. The van der Waals surface area contributed by atoms with Crippen LogP contribution in [-0.4, -0.2) is 13.4 Å². The first kappa shape index (κ1) is 11.5. The Morgan fingerprint density at radius 3 is 2.59 bits per heavy atom. The van der Waals surface area contributed by atoms with Gasteiger partial charge in [0.15, 0.2) is 12.0 Å². The zero-order valence-corrected chi connectivity index (χ0v) is 8.67. The van der Waals surface area contributed by atoms with E-state index in [1.54, 1.807) is 0 Å². The van der Waals surface area contributed by atoms with Crippen LogP contribution in [0, 0.1) is 0 Å². The van der Waals surface area contributed by atoms with Crippen LogP contribution in [0.2, 0.25) is 0 Å². The van der Waals surface area contributed by atoms with Crippen molar-refractivity contribution in [3.05, 3.63) is 29.5 Å². The van der Waals surface area contributed by atoms with Gasteiger partial charge in [0, 0.05) is 5.39 Å². The van der Waals surface area contributed by atoms with Crippen LogP contribution in [0.15, 0.2) is 22.6 Å². The Kier molecular flexibility index (Phi) is 2.57. The summed E-state index contributed by atoms with van der Waals surface area (Å²) in [4.78, 5) is 10.6. The van der Waals surface area contributed by atoms with E-state index in [0.717, 1.165) is 0 Å². The molecule has 0 spiro atoms. The summed E-state index contributed by atoms with van der Waals surface area (Å²) in [6.07, 6.45) is -4.59. The van der Waals surface area contributed by atoms with E-state index in [9.17, 15) is 18.0 Å². The van der Waals surface area contributed by atoms with Gasteiger partial charge in [-0.3, -0.25) is 4.79 Å². The summed E-state index contributed by atoms with van der Waals surface area (Å²) in [5.41, 5.74) is -1.07. The number of halogens is 3. The van der Waals surface area contributed by atoms with Gasteiger partial charge in [0.05, 0.1) is 7.11 Å². The molecule has 1 heterocycles. The molecule has 1 aromatic carbocycles. The van der Waals surface area contributed by atoms with Crippen LogP contribution in [0.25, 0.3) is 11.0 Å². The van der Waals surface area contributed by atoms with Crippen LogP contribution in [0.5, 0.6) is 5.75 Å². The number of benzene rings is 1. The summed E-state index contributed by atoms with van der Waals surface area (Å²) >= 11 is 0. The van der Waals surface area contributed by atoms with Crippen molar-refractivity contribution in [3.63, 3.8) is 0 Å². The summed E-state index contributed by atoms with van der Waals surface area (Å²) in [5, 5.41) is -0.182. The average Bonchev–Trinajstić information content (AvgIpc) is 2.65. The van der Waals surface area contributed by atoms with Crippen LogP contribution in [-0.2, 0) is 6.18 Å². The van der Waals surface area contributed by atoms with Gasteiger partial charge in [-0.1, -0.05) is 0 Å². The van der Waals surface area contributed by atoms with Gasteiger partial charge < -0.3 is 9.15 Å². The van der Waals surface area contributed by atoms with E-state index < -0.39 is 17.5 Å². The van der Waals surface area contributed by atoms with Crippen LogP contribution in [0.4, 0.5) is 13.2 Å². The summed E-state index contributed by atoms with van der Waals surface area (Å²) < 4.78 is 48.0. The topological polar surface area (TPSA) is 39.4 Å². The number of fused-ring (bicyclic) bond motifs is 1. The van der Waals surface area contributed by atoms with Crippen LogP contribution < -0.4 is 4.74 Å². The minimum atomic E-state index is -4.64. The number of alkyl halides is 3. The molecule has 0 saturated carbocycles. The fourth-order valence-electron chi connectivity index (χ4n) is 1.60. The highest BCUT2D eigenvalue weighted by atomic mass is 19.4. The number of furan rings is 1. The minimum absolute atomic E-state index is 0.000208. The lowest BCUT2D eigenvalue weighted by Crippen LogP contribution is -2.06. The molecule has 2 aromatic rings. The van der Waals surface area contributed by atoms with Crippen molar-refractivity contribution in [3.8, 4) is 5.75 Å². The molecule has 17 heavy (non-hydrogen) atoms. The van der Waals surface area contributed by atoms with E-state index in [2.05, 4.69) is 0 Å². The number of rotatable bonds is 2. The predicted molar refractivity (Wildman–Crippen MR) is 53.2 cm³/mol. The third-order valence-corrected chi connectivity index (χ3v) is 2.31. The van der Waals surface area contributed by atoms with Crippen LogP contribution >= 0.6 is 0 Å². The van der Waals surface area contributed by atoms with Crippen molar-refractivity contribution >= 4 is 17.3 Å². The Bertz CT molecular complexity index is 569. The molecule has 90 valence electrons. The maximum absolute atomic E-state index is 12.8. The molecule has 0 fully saturated rings. The summed E-state index contributed by atoms with van der Waals surface area (Å²) in [6.45, 7) is 0. The van der Waals surface area contributed by atoms with Gasteiger partial charge >= 0.3 is 6.18 Å². The van der Waals surface area contributed by atoms with Crippen LogP contribution in [0.1, 0.15) is 16.1 Å². The van der Waals surface area contributed by atoms with Gasteiger partial charge in [0.1, 0.15) is 16.9 Å². The van der Waals surface area contributed by atoms with Gasteiger partial charge in [0.25, 0.3) is 0 Å². The van der Waals surface area contributed by atoms with Crippen molar-refractivity contribution in [2.75, 3.05) is 7.11 Å². The molecule has 0 bridgehead atoms. The Morgan fingerprint density at radius 1 is 1.35 bits per heavy atom. The third kappa shape index (κ3) is 1.86. The molecule has 0 saturated heterocycles. The molecule has 0 atom stereocenters. The fourth-order valence-corrected chi connectivity index (χ4v) is 1.60. The van der Waals surface area contributed by atoms with E-state index in [1.807, 2.05) is 0 Å². The fraction of sp³-hybridized carbons (Fsp3) is 0.182. The molecule has 0 amide bonds. The second kappa shape index (κ2) is 3.80. The average molecular weight is 244 g/mol. The molecule has 2 rings (SSSR count). The largest absolute Gasteiger partial charge is 0.497 e. The Hall–Kier alpha value is -1.98. The van der Waals surface area contributed by atoms with Gasteiger partial charge in [-0.15, -0.1) is 0 Å². The Morgan fingerprint density at radius 2 is 2.06 bits per heavy atom. The van der Waals surface area contributed by atoms with E-state index in [1.165, 1.54) is 25.3 Å². The second-order valence-corrected chi connectivity index (χ2v) is 3.32. The molecule has 1 aromatic heterocycles. The number of methoxy groups -OCH3 is 1. The number of hydrogen-bond donors (Lipinski definition) is 0. The highest BCUT2D eigenvalue weighted by Gasteiger charge is 2.38. The lowest BCUT2D eigenvalue weighted by molar-refractivity contribution is -0.137. The first-order valence-corrected chi connectivity index (χ1v) is 4.60. The Balaban J connectivity index is 2.80. The lowest BCUT2D eigenvalue weighted by Gasteiger charge is -2.05. The van der Waals surface area contributed by atoms with E-state index in [4.69, 9.17) is 9.15 Å². The summed E-state index contributed by atoms with van der Waals surface area (Å²) in [6, 6.07) is 3.98. The quantitative estimate of drug-likeness (QED) is 0.761. The molecule has 0 aliphatic heterocycles. The maximum Gasteiger partial charge on any atom is 0.420 e. The number of hydrogen-bond acceptors (Lipinski definition) is 3. The summed E-state index contributed by atoms with van der Waals surface area (Å²) in [5.74, 6) is -0.456. The minimum Gasteiger partial charge on any atom is -0.497 e. The highest BCUT2D eigenvalue weighted by molar-refractivity contribution is 5.91. The summed E-state index contributed by atoms with van der Waals surface area (Å²) in [7, 11) is 1.34. The molecular weight excluding hydrogens is 237 g/mol. The predicted octanol–water partition coefficient (Wildman–Crippen LogP) is 3.27. The lowest BCUT2D eigenvalue weighted by atomic mass is 10.1. The monoisotopic (exact) mass is 244 g/mol. The van der Waals surface area contributed by atoms with Crippen molar-refractivity contribution in [1.82, 2.24) is 0 Å². The normalized spacial score (nSPS) is 11.8. The molecule has 0 N–H and O–H groups in total. The molecule has 0 aliphatic rings. The first-order chi connectivity index (χ1) is 7.97. The molecule has 6 heteroatoms. The molecule has 0 unspecified atom stereocenters. The number of aldehydes is 1. The standard InChI is InChI=1S/C11H7F3O3/c1-16-6-2-3-8-7(4-6)10(11(12,13)14)9(5-15)17-8/h2-5H,1H3. The zero-order valence-electron chi connectivity index (χ0n) is 8.67. The number of carbonyl (C=O) groups is 1. The molecule has 0 radical (unpaired) electrons. The maximum atomic E-state index is 12.8. The van der Waals surface area contributed by atoms with Gasteiger partial charge in [0.2, 0.25) is 0 Å². The van der Waals surface area contributed by atoms with Gasteiger partial charge in [-0.2, -0.15) is 13.2 Å². The first-order valence-electron chi connectivity index (χ1n) is 4.60. The van der Waals surface area contributed by atoms with Crippen molar-refractivity contribution in [1.29, 1.82) is 0 Å². The molecule has 0 aliphatic carbocycles. The van der Waals surface area contributed by atoms with E-state index in [0.29, 0.717) is 0 Å². The van der Waals surface area contributed by atoms with Crippen LogP contribution in [0.3, 0.4) is 0 Å². The second-order valence-electron chi connectivity index (χ2n) is 3.32. The smallest absolute Gasteiger partial charge is 0.420 e. The third-order valence-electron chi connectivity index (χ3n) is 2.31. The Labute approximate surface area is 93.8 Å². The number of ether oxygens (including phenoxy) is 1.